The van der Waals surface area contributed by atoms with Gasteiger partial charge < -0.3 is 9.88 Å². The van der Waals surface area contributed by atoms with E-state index in [4.69, 9.17) is 0 Å². The molecule has 1 aromatic carbocycles. The zero-order valence-electron chi connectivity index (χ0n) is 17.0. The van der Waals surface area contributed by atoms with Crippen molar-refractivity contribution < 1.29 is 13.2 Å². The van der Waals surface area contributed by atoms with Gasteiger partial charge in [-0.1, -0.05) is 29.8 Å². The van der Waals surface area contributed by atoms with Crippen molar-refractivity contribution in [3.8, 4) is 11.3 Å². The summed E-state index contributed by atoms with van der Waals surface area (Å²) >= 11 is 1.17. The van der Waals surface area contributed by atoms with Gasteiger partial charge in [0.05, 0.1) is 0 Å². The Morgan fingerprint density at radius 3 is 2.55 bits per heavy atom. The molecule has 0 atom stereocenters. The van der Waals surface area contributed by atoms with Crippen molar-refractivity contribution in [1.82, 2.24) is 14.6 Å². The van der Waals surface area contributed by atoms with Crippen LogP contribution in [0, 0.1) is 6.92 Å². The first-order chi connectivity index (χ1) is 14.8. The van der Waals surface area contributed by atoms with Gasteiger partial charge in [0.25, 0.3) is 11.5 Å². The second-order valence-corrected chi connectivity index (χ2v) is 10.5. The lowest BCUT2D eigenvalue weighted by Gasteiger charge is -2.32. The maximum absolute atomic E-state index is 12.9. The van der Waals surface area contributed by atoms with Crippen molar-refractivity contribution in [1.29, 1.82) is 0 Å². The van der Waals surface area contributed by atoms with E-state index in [2.05, 4.69) is 9.71 Å². The van der Waals surface area contributed by atoms with Crippen molar-refractivity contribution in [2.75, 3.05) is 13.1 Å². The maximum Gasteiger partial charge on any atom is 0.261 e. The Bertz CT molecular complexity index is 1240. The van der Waals surface area contributed by atoms with E-state index in [0.717, 1.165) is 11.1 Å². The molecule has 1 aliphatic rings. The number of sulfonamides is 1. The highest BCUT2D eigenvalue weighted by atomic mass is 32.2. The molecule has 31 heavy (non-hydrogen) atoms. The van der Waals surface area contributed by atoms with Crippen LogP contribution in [0.1, 0.15) is 28.8 Å². The zero-order chi connectivity index (χ0) is 22.0. The molecule has 3 heterocycles. The van der Waals surface area contributed by atoms with Crippen LogP contribution < -0.4 is 10.3 Å². The molecule has 3 aromatic rings. The highest BCUT2D eigenvalue weighted by Crippen LogP contribution is 2.20. The lowest BCUT2D eigenvalue weighted by Crippen LogP contribution is -2.47. The Morgan fingerprint density at radius 1 is 1.13 bits per heavy atom. The summed E-state index contributed by atoms with van der Waals surface area (Å²) in [4.78, 5) is 29.8. The Morgan fingerprint density at radius 2 is 1.90 bits per heavy atom. The van der Waals surface area contributed by atoms with Crippen LogP contribution in [-0.4, -0.2) is 43.3 Å². The van der Waals surface area contributed by atoms with Gasteiger partial charge in [-0.25, -0.2) is 13.1 Å². The number of amides is 1. The predicted molar refractivity (Wildman–Crippen MR) is 121 cm³/mol. The molecule has 1 saturated heterocycles. The number of carbonyl (C=O) groups excluding carboxylic acids is 1. The average Bonchev–Trinajstić information content (AvgIpc) is 3.30. The Labute approximate surface area is 184 Å². The van der Waals surface area contributed by atoms with Crippen molar-refractivity contribution in [2.45, 2.75) is 30.0 Å². The summed E-state index contributed by atoms with van der Waals surface area (Å²) in [5.41, 5.74) is 2.29. The number of H-pyrrole nitrogens is 1. The number of aryl methyl sites for hydroxylation is 1. The third kappa shape index (κ3) is 4.79. The maximum atomic E-state index is 12.9. The molecule has 1 fully saturated rings. The monoisotopic (exact) mass is 457 g/mol. The van der Waals surface area contributed by atoms with Crippen LogP contribution in [0.2, 0.25) is 0 Å². The minimum absolute atomic E-state index is 0.0917. The van der Waals surface area contributed by atoms with Crippen LogP contribution in [-0.2, 0) is 10.0 Å². The van der Waals surface area contributed by atoms with Crippen LogP contribution in [0.4, 0.5) is 0 Å². The summed E-state index contributed by atoms with van der Waals surface area (Å²) in [5, 5.41) is 1.72. The molecule has 0 saturated carbocycles. The van der Waals surface area contributed by atoms with Gasteiger partial charge >= 0.3 is 0 Å². The van der Waals surface area contributed by atoms with Gasteiger partial charge in [-0.15, -0.1) is 11.3 Å². The predicted octanol–water partition coefficient (Wildman–Crippen LogP) is 2.99. The molecule has 4 rings (SSSR count). The Hall–Kier alpha value is -2.75. The second kappa shape index (κ2) is 8.78. The number of likely N-dealkylation sites (tertiary alicyclic amines) is 1. The lowest BCUT2D eigenvalue weighted by molar-refractivity contribution is 0.0709. The molecule has 1 aliphatic heterocycles. The van der Waals surface area contributed by atoms with Crippen molar-refractivity contribution >= 4 is 27.3 Å². The first-order valence-corrected chi connectivity index (χ1v) is 12.4. The molecule has 0 spiro atoms. The summed E-state index contributed by atoms with van der Waals surface area (Å²) in [5.74, 6) is -0.336. The van der Waals surface area contributed by atoms with E-state index in [1.54, 1.807) is 34.5 Å². The van der Waals surface area contributed by atoms with Gasteiger partial charge in [-0.05, 0) is 55.0 Å². The topological polar surface area (TPSA) is 99.3 Å². The first-order valence-electron chi connectivity index (χ1n) is 9.99. The molecule has 0 bridgehead atoms. The van der Waals surface area contributed by atoms with E-state index in [1.165, 1.54) is 11.3 Å². The molecule has 2 N–H and O–H groups in total. The summed E-state index contributed by atoms with van der Waals surface area (Å²) in [6.45, 7) is 2.74. The van der Waals surface area contributed by atoms with Crippen molar-refractivity contribution in [3.63, 3.8) is 0 Å². The fourth-order valence-electron chi connectivity index (χ4n) is 3.69. The van der Waals surface area contributed by atoms with Gasteiger partial charge in [0.2, 0.25) is 10.0 Å². The van der Waals surface area contributed by atoms with Crippen LogP contribution in [0.15, 0.2) is 62.9 Å². The molecule has 7 nitrogen and oxygen atoms in total. The van der Waals surface area contributed by atoms with E-state index in [0.29, 0.717) is 31.6 Å². The fourth-order valence-corrected chi connectivity index (χ4v) is 6.00. The van der Waals surface area contributed by atoms with Crippen LogP contribution in [0.25, 0.3) is 11.3 Å². The molecule has 0 radical (unpaired) electrons. The molecular formula is C22H23N3O4S2. The van der Waals surface area contributed by atoms with E-state index in [-0.39, 0.29) is 21.7 Å². The largest absolute Gasteiger partial charge is 0.338 e. The number of thiophene rings is 1. The number of carbonyl (C=O) groups is 1. The van der Waals surface area contributed by atoms with Gasteiger partial charge in [-0.2, -0.15) is 0 Å². The smallest absolute Gasteiger partial charge is 0.261 e. The van der Waals surface area contributed by atoms with Crippen LogP contribution in [0.3, 0.4) is 0 Å². The Kier molecular flexibility index (Phi) is 6.08. The highest BCUT2D eigenvalue weighted by Gasteiger charge is 2.28. The van der Waals surface area contributed by atoms with Gasteiger partial charge in [0.15, 0.2) is 0 Å². The summed E-state index contributed by atoms with van der Waals surface area (Å²) in [6, 6.07) is 14.1. The molecule has 9 heteroatoms. The number of nitrogens with one attached hydrogen (secondary N) is 2. The van der Waals surface area contributed by atoms with Crippen molar-refractivity contribution in [2.24, 2.45) is 0 Å². The third-order valence-corrected chi connectivity index (χ3v) is 8.25. The van der Waals surface area contributed by atoms with Crippen LogP contribution >= 0.6 is 11.3 Å². The quantitative estimate of drug-likeness (QED) is 0.615. The highest BCUT2D eigenvalue weighted by molar-refractivity contribution is 7.91. The normalized spacial score (nSPS) is 15.2. The number of aromatic nitrogens is 1. The van der Waals surface area contributed by atoms with E-state index in [9.17, 15) is 18.0 Å². The number of hydrogen-bond donors (Lipinski definition) is 2. The molecule has 1 amide bonds. The minimum Gasteiger partial charge on any atom is -0.338 e. The summed E-state index contributed by atoms with van der Waals surface area (Å²) in [7, 11) is -3.54. The molecular weight excluding hydrogens is 434 g/mol. The van der Waals surface area contributed by atoms with Gasteiger partial charge in [-0.3, -0.25) is 9.59 Å². The average molecular weight is 458 g/mol. The van der Waals surface area contributed by atoms with Crippen LogP contribution in [0.5, 0.6) is 0 Å². The number of aromatic amines is 1. The van der Waals surface area contributed by atoms with Crippen molar-refractivity contribution in [3.05, 3.63) is 75.4 Å². The number of pyridine rings is 1. The third-order valence-electron chi connectivity index (χ3n) is 5.33. The number of hydrogen-bond acceptors (Lipinski definition) is 5. The SMILES string of the molecule is Cc1cccc(-c2ccc(C(=O)N3CCC(NS(=O)(=O)c4cccs4)CC3)c(=O)[nH]2)c1. The Balaban J connectivity index is 1.41. The zero-order valence-corrected chi connectivity index (χ0v) is 18.6. The van der Waals surface area contributed by atoms with Gasteiger partial charge in [0.1, 0.15) is 9.77 Å². The van der Waals surface area contributed by atoms with E-state index < -0.39 is 15.6 Å². The standard InChI is InChI=1S/C22H23N3O4S2/c1-15-4-2-5-16(14-15)19-8-7-18(21(26)23-19)22(27)25-11-9-17(10-12-25)24-31(28,29)20-6-3-13-30-20/h2-8,13-14,17,24H,9-12H2,1H3,(H,23,26). The molecule has 2 aromatic heterocycles. The van der Waals surface area contributed by atoms with Gasteiger partial charge in [0, 0.05) is 24.8 Å². The second-order valence-electron chi connectivity index (χ2n) is 7.60. The van der Waals surface area contributed by atoms with E-state index >= 15 is 0 Å². The minimum atomic E-state index is -3.54. The number of rotatable bonds is 5. The number of piperidine rings is 1. The molecule has 0 aliphatic carbocycles. The number of nitrogens with zero attached hydrogens (tertiary/aromatic N) is 1. The molecule has 162 valence electrons. The number of benzene rings is 1. The molecule has 0 unspecified atom stereocenters. The van der Waals surface area contributed by atoms with E-state index in [1.807, 2.05) is 31.2 Å². The fraction of sp³-hybridized carbons (Fsp3) is 0.273. The summed E-state index contributed by atoms with van der Waals surface area (Å²) in [6.07, 6.45) is 0.991. The summed E-state index contributed by atoms with van der Waals surface area (Å²) < 4.78 is 27.8. The lowest BCUT2D eigenvalue weighted by atomic mass is 10.0. The first kappa shape index (κ1) is 21.5.